The summed E-state index contributed by atoms with van der Waals surface area (Å²) >= 11 is 1.72. The van der Waals surface area contributed by atoms with Gasteiger partial charge in [-0.1, -0.05) is 17.8 Å². The average molecular weight is 414 g/mol. The minimum atomic E-state index is -0.132. The zero-order valence-corrected chi connectivity index (χ0v) is 18.1. The molecule has 1 amide bonds. The lowest BCUT2D eigenvalue weighted by Gasteiger charge is -2.27. The number of piperidine rings is 1. The summed E-state index contributed by atoms with van der Waals surface area (Å²) < 4.78 is 4.81. The quantitative estimate of drug-likeness (QED) is 0.715. The number of esters is 1. The predicted molar refractivity (Wildman–Crippen MR) is 115 cm³/mol. The lowest BCUT2D eigenvalue weighted by molar-refractivity contribution is -0.897. The van der Waals surface area contributed by atoms with Gasteiger partial charge in [0.25, 0.3) is 5.91 Å². The summed E-state index contributed by atoms with van der Waals surface area (Å²) in [7, 11) is 1.43. The first kappa shape index (κ1) is 21.4. The topological polar surface area (TPSA) is 59.8 Å². The molecule has 1 saturated heterocycles. The van der Waals surface area contributed by atoms with E-state index in [-0.39, 0.29) is 17.8 Å². The van der Waals surface area contributed by atoms with Gasteiger partial charge in [0.2, 0.25) is 0 Å². The first-order valence-electron chi connectivity index (χ1n) is 10.0. The summed E-state index contributed by atoms with van der Waals surface area (Å²) in [6.45, 7) is 6.30. The first-order chi connectivity index (χ1) is 13.9. The molecule has 1 heterocycles. The van der Waals surface area contributed by atoms with Gasteiger partial charge in [-0.05, 0) is 61.4 Å². The monoisotopic (exact) mass is 413 g/mol. The molecule has 2 N–H and O–H groups in total. The molecular formula is C23H29N2O3S+. The van der Waals surface area contributed by atoms with Crippen LogP contribution in [-0.2, 0) is 14.3 Å². The van der Waals surface area contributed by atoms with Crippen molar-refractivity contribution in [3.8, 4) is 0 Å². The van der Waals surface area contributed by atoms with Gasteiger partial charge in [-0.15, -0.1) is 0 Å². The fourth-order valence-corrected chi connectivity index (χ4v) is 4.47. The molecule has 3 rings (SSSR count). The second-order valence-electron chi connectivity index (χ2n) is 7.64. The normalized spacial score (nSPS) is 18.9. The Morgan fingerprint density at radius 1 is 1.03 bits per heavy atom. The number of hydrogen-bond acceptors (Lipinski definition) is 4. The highest BCUT2D eigenvalue weighted by molar-refractivity contribution is 7.99. The number of carbonyl (C=O) groups excluding carboxylic acids is 2. The van der Waals surface area contributed by atoms with Crippen molar-refractivity contribution in [3.63, 3.8) is 0 Å². The van der Waals surface area contributed by atoms with Crippen LogP contribution in [0.15, 0.2) is 52.3 Å². The van der Waals surface area contributed by atoms with Crippen LogP contribution in [0.2, 0.25) is 0 Å². The van der Waals surface area contributed by atoms with Gasteiger partial charge in [-0.25, -0.2) is 0 Å². The van der Waals surface area contributed by atoms with Gasteiger partial charge in [0, 0.05) is 28.3 Å². The zero-order valence-electron chi connectivity index (χ0n) is 17.3. The second kappa shape index (κ2) is 9.94. The molecule has 0 aromatic heterocycles. The first-order valence-corrected chi connectivity index (χ1v) is 10.8. The SMILES string of the molecule is COC(=O)C1CC[NH+](CC(=O)Nc2ccc(Sc3ccc(C)c(C)c3)cc2)CC1. The fourth-order valence-electron chi connectivity index (χ4n) is 3.56. The summed E-state index contributed by atoms with van der Waals surface area (Å²) in [5.74, 6) is -0.146. The van der Waals surface area contributed by atoms with Gasteiger partial charge in [0.15, 0.2) is 6.54 Å². The number of aryl methyl sites for hydroxylation is 2. The van der Waals surface area contributed by atoms with Gasteiger partial charge >= 0.3 is 5.97 Å². The van der Waals surface area contributed by atoms with E-state index in [1.54, 1.807) is 11.8 Å². The Morgan fingerprint density at radius 3 is 2.31 bits per heavy atom. The predicted octanol–water partition coefficient (Wildman–Crippen LogP) is 2.86. The van der Waals surface area contributed by atoms with Gasteiger partial charge in [-0.3, -0.25) is 9.59 Å². The molecule has 2 aromatic carbocycles. The minimum Gasteiger partial charge on any atom is -0.469 e. The van der Waals surface area contributed by atoms with Crippen molar-refractivity contribution in [1.82, 2.24) is 0 Å². The van der Waals surface area contributed by atoms with E-state index in [2.05, 4.69) is 37.4 Å². The molecule has 2 aromatic rings. The molecule has 0 bridgehead atoms. The van der Waals surface area contributed by atoms with Crippen LogP contribution < -0.4 is 10.2 Å². The van der Waals surface area contributed by atoms with Gasteiger partial charge in [0.1, 0.15) is 0 Å². The Morgan fingerprint density at radius 2 is 1.69 bits per heavy atom. The standard InChI is InChI=1S/C23H28N2O3S/c1-16-4-7-21(14-17(16)2)29-20-8-5-19(6-9-20)24-22(26)15-25-12-10-18(11-13-25)23(27)28-3/h4-9,14,18H,10-13,15H2,1-3H3,(H,24,26)/p+1. The van der Waals surface area contributed by atoms with Crippen LogP contribution in [0.5, 0.6) is 0 Å². The van der Waals surface area contributed by atoms with E-state index in [0.29, 0.717) is 6.54 Å². The molecular weight excluding hydrogens is 384 g/mol. The van der Waals surface area contributed by atoms with Crippen LogP contribution in [0, 0.1) is 19.8 Å². The maximum Gasteiger partial charge on any atom is 0.309 e. The third kappa shape index (κ3) is 6.08. The number of rotatable bonds is 6. The molecule has 1 aliphatic rings. The Bertz CT molecular complexity index is 859. The summed E-state index contributed by atoms with van der Waals surface area (Å²) in [6.07, 6.45) is 1.55. The highest BCUT2D eigenvalue weighted by Crippen LogP contribution is 2.29. The molecule has 0 spiro atoms. The van der Waals surface area contributed by atoms with E-state index in [4.69, 9.17) is 4.74 Å². The molecule has 6 heteroatoms. The highest BCUT2D eigenvalue weighted by atomic mass is 32.2. The van der Waals surface area contributed by atoms with Crippen molar-refractivity contribution in [2.45, 2.75) is 36.5 Å². The number of carbonyl (C=O) groups is 2. The van der Waals surface area contributed by atoms with Crippen LogP contribution in [0.25, 0.3) is 0 Å². The maximum absolute atomic E-state index is 12.4. The Labute approximate surface area is 176 Å². The van der Waals surface area contributed by atoms with Crippen molar-refractivity contribution in [1.29, 1.82) is 0 Å². The zero-order chi connectivity index (χ0) is 20.8. The average Bonchev–Trinajstić information content (AvgIpc) is 2.72. The number of ether oxygens (including phenoxy) is 1. The Hall–Kier alpha value is -2.31. The van der Waals surface area contributed by atoms with E-state index in [1.165, 1.54) is 28.0 Å². The number of quaternary nitrogens is 1. The van der Waals surface area contributed by atoms with E-state index in [1.807, 2.05) is 24.3 Å². The van der Waals surface area contributed by atoms with Crippen LogP contribution >= 0.6 is 11.8 Å². The largest absolute Gasteiger partial charge is 0.469 e. The molecule has 1 fully saturated rings. The second-order valence-corrected chi connectivity index (χ2v) is 8.79. The number of nitrogens with one attached hydrogen (secondary N) is 2. The molecule has 0 aliphatic carbocycles. The number of benzene rings is 2. The van der Waals surface area contributed by atoms with E-state index in [9.17, 15) is 9.59 Å². The number of methoxy groups -OCH3 is 1. The summed E-state index contributed by atoms with van der Waals surface area (Å²) in [5.41, 5.74) is 3.39. The number of anilines is 1. The Kier molecular flexibility index (Phi) is 7.34. The molecule has 0 atom stereocenters. The van der Waals surface area contributed by atoms with Crippen molar-refractivity contribution in [2.24, 2.45) is 5.92 Å². The lowest BCUT2D eigenvalue weighted by Crippen LogP contribution is -3.14. The van der Waals surface area contributed by atoms with Crippen molar-refractivity contribution in [3.05, 3.63) is 53.6 Å². The van der Waals surface area contributed by atoms with Crippen LogP contribution in [0.4, 0.5) is 5.69 Å². The molecule has 5 nitrogen and oxygen atoms in total. The number of likely N-dealkylation sites (tertiary alicyclic amines) is 1. The lowest BCUT2D eigenvalue weighted by atomic mass is 9.97. The van der Waals surface area contributed by atoms with Gasteiger partial charge in [0.05, 0.1) is 26.1 Å². The molecule has 0 radical (unpaired) electrons. The van der Waals surface area contributed by atoms with Crippen molar-refractivity contribution >= 4 is 29.3 Å². The molecule has 0 saturated carbocycles. The van der Waals surface area contributed by atoms with Gasteiger partial charge in [-0.2, -0.15) is 0 Å². The Balaban J connectivity index is 1.47. The molecule has 0 unspecified atom stereocenters. The van der Waals surface area contributed by atoms with Gasteiger partial charge < -0.3 is 15.0 Å². The summed E-state index contributed by atoms with van der Waals surface area (Å²) in [4.78, 5) is 27.5. The van der Waals surface area contributed by atoms with E-state index in [0.717, 1.165) is 36.5 Å². The highest BCUT2D eigenvalue weighted by Gasteiger charge is 2.29. The molecule has 29 heavy (non-hydrogen) atoms. The van der Waals surface area contributed by atoms with Crippen LogP contribution in [0.3, 0.4) is 0 Å². The number of hydrogen-bond donors (Lipinski definition) is 2. The third-order valence-corrected chi connectivity index (χ3v) is 6.49. The van der Waals surface area contributed by atoms with Crippen LogP contribution in [-0.4, -0.2) is 38.6 Å². The third-order valence-electron chi connectivity index (χ3n) is 5.49. The smallest absolute Gasteiger partial charge is 0.309 e. The summed E-state index contributed by atoms with van der Waals surface area (Å²) in [5, 5.41) is 2.98. The van der Waals surface area contributed by atoms with E-state index < -0.39 is 0 Å². The molecule has 1 aliphatic heterocycles. The van der Waals surface area contributed by atoms with Crippen LogP contribution in [0.1, 0.15) is 24.0 Å². The summed E-state index contributed by atoms with van der Waals surface area (Å²) in [6, 6.07) is 14.4. The molecule has 154 valence electrons. The van der Waals surface area contributed by atoms with Crippen molar-refractivity contribution in [2.75, 3.05) is 32.1 Å². The van der Waals surface area contributed by atoms with E-state index >= 15 is 0 Å². The van der Waals surface area contributed by atoms with Crippen molar-refractivity contribution < 1.29 is 19.2 Å². The fraction of sp³-hybridized carbons (Fsp3) is 0.391. The number of amides is 1. The maximum atomic E-state index is 12.4. The minimum absolute atomic E-state index is 0.00563.